The van der Waals surface area contributed by atoms with E-state index in [1.54, 1.807) is 0 Å². The van der Waals surface area contributed by atoms with Crippen LogP contribution in [0.1, 0.15) is 144 Å². The van der Waals surface area contributed by atoms with Crippen LogP contribution in [-0.2, 0) is 0 Å². The molecular weight excluding hydrogens is 324 g/mol. The first-order valence-corrected chi connectivity index (χ1v) is 12.7. The molecule has 0 N–H and O–H groups in total. The summed E-state index contributed by atoms with van der Waals surface area (Å²) in [6.07, 6.45) is 28.7. The Bertz CT molecular complexity index is 303. The Labute approximate surface area is 174 Å². The molecule has 3 unspecified atom stereocenters. The van der Waals surface area contributed by atoms with E-state index in [-0.39, 0.29) is 0 Å². The van der Waals surface area contributed by atoms with Gasteiger partial charge < -0.3 is 0 Å². The molecule has 0 heterocycles. The predicted octanol–water partition coefficient (Wildman–Crippen LogP) is 10.1. The van der Waals surface area contributed by atoms with Crippen molar-refractivity contribution in [2.24, 2.45) is 17.8 Å². The Morgan fingerprint density at radius 1 is 0.444 bits per heavy atom. The summed E-state index contributed by atoms with van der Waals surface area (Å²) in [5, 5.41) is 0. The number of allylic oxidation sites excluding steroid dienone is 2. The van der Waals surface area contributed by atoms with E-state index in [1.165, 1.54) is 109 Å². The molecule has 0 aliphatic rings. The maximum atomic E-state index is 2.48. The van der Waals surface area contributed by atoms with Crippen LogP contribution in [0.15, 0.2) is 12.2 Å². The van der Waals surface area contributed by atoms with E-state index in [2.05, 4.69) is 46.8 Å². The fourth-order valence-corrected chi connectivity index (χ4v) is 4.24. The van der Waals surface area contributed by atoms with E-state index >= 15 is 0 Å². The molecule has 0 aromatic heterocycles. The molecule has 0 spiro atoms. The minimum absolute atomic E-state index is 0.944. The molecule has 0 rings (SSSR count). The Morgan fingerprint density at radius 2 is 0.889 bits per heavy atom. The van der Waals surface area contributed by atoms with Gasteiger partial charge in [0.25, 0.3) is 0 Å². The molecule has 27 heavy (non-hydrogen) atoms. The first kappa shape index (κ1) is 26.7. The smallest absolute Gasteiger partial charge is 0.0351 e. The average Bonchev–Trinajstić information content (AvgIpc) is 2.64. The molecular formula is C27H54. The summed E-state index contributed by atoms with van der Waals surface area (Å²) in [5.41, 5.74) is 0. The van der Waals surface area contributed by atoms with Gasteiger partial charge in [0.2, 0.25) is 0 Å². The molecule has 0 nitrogen and oxygen atoms in total. The lowest BCUT2D eigenvalue weighted by atomic mass is 9.91. The lowest BCUT2D eigenvalue weighted by molar-refractivity contribution is 0.385. The van der Waals surface area contributed by atoms with Crippen LogP contribution in [0.4, 0.5) is 0 Å². The van der Waals surface area contributed by atoms with Gasteiger partial charge in [-0.15, -0.1) is 0 Å². The summed E-state index contributed by atoms with van der Waals surface area (Å²) in [4.78, 5) is 0. The van der Waals surface area contributed by atoms with Gasteiger partial charge in [-0.05, 0) is 37.0 Å². The van der Waals surface area contributed by atoms with E-state index in [9.17, 15) is 0 Å². The second-order valence-electron chi connectivity index (χ2n) is 9.57. The highest BCUT2D eigenvalue weighted by Crippen LogP contribution is 2.22. The first-order valence-electron chi connectivity index (χ1n) is 12.7. The van der Waals surface area contributed by atoms with E-state index in [4.69, 9.17) is 0 Å². The molecule has 0 aromatic carbocycles. The topological polar surface area (TPSA) is 0 Å². The van der Waals surface area contributed by atoms with Crippen molar-refractivity contribution in [2.75, 3.05) is 0 Å². The van der Waals surface area contributed by atoms with E-state index in [0.29, 0.717) is 0 Å². The molecule has 0 fully saturated rings. The summed E-state index contributed by atoms with van der Waals surface area (Å²) in [7, 11) is 0. The molecule has 0 heteroatoms. The first-order chi connectivity index (χ1) is 13.1. The van der Waals surface area contributed by atoms with Crippen molar-refractivity contribution in [3.05, 3.63) is 12.2 Å². The molecule has 0 saturated heterocycles. The van der Waals surface area contributed by atoms with E-state index in [1.807, 2.05) is 0 Å². The largest absolute Gasteiger partial charge is 0.0885 e. The summed E-state index contributed by atoms with van der Waals surface area (Å²) < 4.78 is 0. The quantitative estimate of drug-likeness (QED) is 0.146. The third-order valence-electron chi connectivity index (χ3n) is 6.26. The summed E-state index contributed by atoms with van der Waals surface area (Å²) in [5.74, 6) is 2.83. The SMILES string of the molecule is CCCC=CCCCCCCC(C)CCCCC(C)CCCC(C)CCC. The zero-order valence-electron chi connectivity index (χ0n) is 19.9. The molecule has 0 radical (unpaired) electrons. The van der Waals surface area contributed by atoms with E-state index < -0.39 is 0 Å². The second-order valence-corrected chi connectivity index (χ2v) is 9.57. The molecule has 0 aliphatic heterocycles. The van der Waals surface area contributed by atoms with Crippen LogP contribution in [0.2, 0.25) is 0 Å². The van der Waals surface area contributed by atoms with Crippen LogP contribution in [-0.4, -0.2) is 0 Å². The fourth-order valence-electron chi connectivity index (χ4n) is 4.24. The van der Waals surface area contributed by atoms with Crippen LogP contribution in [0.5, 0.6) is 0 Å². The van der Waals surface area contributed by atoms with Crippen LogP contribution in [0, 0.1) is 17.8 Å². The molecule has 0 aromatic rings. The third-order valence-corrected chi connectivity index (χ3v) is 6.26. The van der Waals surface area contributed by atoms with Crippen molar-refractivity contribution in [2.45, 2.75) is 144 Å². The number of unbranched alkanes of at least 4 members (excludes halogenated alkanes) is 6. The standard InChI is InChI=1S/C27H54/c1-6-8-9-10-11-12-13-14-15-20-26(4)21-16-17-22-27(5)24-18-23-25(3)19-7-2/h9-10,25-27H,6-8,11-24H2,1-5H3. The number of hydrogen-bond donors (Lipinski definition) is 0. The number of rotatable bonds is 20. The highest BCUT2D eigenvalue weighted by Gasteiger charge is 2.06. The van der Waals surface area contributed by atoms with Gasteiger partial charge in [-0.25, -0.2) is 0 Å². The Hall–Kier alpha value is -0.260. The lowest BCUT2D eigenvalue weighted by Gasteiger charge is -2.15. The van der Waals surface area contributed by atoms with Gasteiger partial charge in [-0.2, -0.15) is 0 Å². The zero-order chi connectivity index (χ0) is 20.2. The van der Waals surface area contributed by atoms with Crippen LogP contribution in [0.3, 0.4) is 0 Å². The monoisotopic (exact) mass is 378 g/mol. The highest BCUT2D eigenvalue weighted by molar-refractivity contribution is 4.80. The normalized spacial score (nSPS) is 15.3. The number of hydrogen-bond acceptors (Lipinski definition) is 0. The van der Waals surface area contributed by atoms with Crippen LogP contribution < -0.4 is 0 Å². The highest BCUT2D eigenvalue weighted by atomic mass is 14.1. The van der Waals surface area contributed by atoms with Crippen molar-refractivity contribution >= 4 is 0 Å². The predicted molar refractivity (Wildman–Crippen MR) is 126 cm³/mol. The second kappa shape index (κ2) is 20.5. The van der Waals surface area contributed by atoms with Gasteiger partial charge in [-0.1, -0.05) is 137 Å². The fraction of sp³-hybridized carbons (Fsp3) is 0.926. The maximum absolute atomic E-state index is 2.48. The lowest BCUT2D eigenvalue weighted by Crippen LogP contribution is -2.00. The molecule has 0 bridgehead atoms. The van der Waals surface area contributed by atoms with Gasteiger partial charge in [0.1, 0.15) is 0 Å². The summed E-state index contributed by atoms with van der Waals surface area (Å²) in [6, 6.07) is 0. The van der Waals surface area contributed by atoms with Crippen molar-refractivity contribution < 1.29 is 0 Å². The van der Waals surface area contributed by atoms with E-state index in [0.717, 1.165) is 17.8 Å². The Kier molecular flexibility index (Phi) is 20.3. The van der Waals surface area contributed by atoms with Gasteiger partial charge >= 0.3 is 0 Å². The molecule has 0 aliphatic carbocycles. The van der Waals surface area contributed by atoms with Crippen molar-refractivity contribution in [3.8, 4) is 0 Å². The zero-order valence-corrected chi connectivity index (χ0v) is 19.9. The summed E-state index contributed by atoms with van der Waals surface area (Å²) >= 11 is 0. The average molecular weight is 379 g/mol. The third kappa shape index (κ3) is 20.3. The van der Waals surface area contributed by atoms with Gasteiger partial charge in [-0.3, -0.25) is 0 Å². The Morgan fingerprint density at radius 3 is 1.44 bits per heavy atom. The molecule has 0 saturated carbocycles. The van der Waals surface area contributed by atoms with Gasteiger partial charge in [0.05, 0.1) is 0 Å². The van der Waals surface area contributed by atoms with Crippen LogP contribution in [0.25, 0.3) is 0 Å². The minimum atomic E-state index is 0.944. The van der Waals surface area contributed by atoms with Gasteiger partial charge in [0, 0.05) is 0 Å². The molecule has 162 valence electrons. The van der Waals surface area contributed by atoms with Gasteiger partial charge in [0.15, 0.2) is 0 Å². The Balaban J connectivity index is 3.39. The maximum Gasteiger partial charge on any atom is -0.0351 e. The molecule has 3 atom stereocenters. The van der Waals surface area contributed by atoms with Crippen molar-refractivity contribution in [3.63, 3.8) is 0 Å². The van der Waals surface area contributed by atoms with Crippen molar-refractivity contribution in [1.82, 2.24) is 0 Å². The van der Waals surface area contributed by atoms with Crippen LogP contribution >= 0.6 is 0 Å². The summed E-state index contributed by atoms with van der Waals surface area (Å²) in [6.45, 7) is 12.0. The minimum Gasteiger partial charge on any atom is -0.0885 e. The van der Waals surface area contributed by atoms with Crippen molar-refractivity contribution in [1.29, 1.82) is 0 Å². The molecule has 0 amide bonds.